The molecule has 0 saturated heterocycles. The minimum absolute atomic E-state index is 0.153. The zero-order valence-corrected chi connectivity index (χ0v) is 21.0. The van der Waals surface area contributed by atoms with Crippen molar-refractivity contribution in [1.29, 1.82) is 0 Å². The third-order valence-electron chi connectivity index (χ3n) is 6.15. The molecule has 4 aromatic rings. The fraction of sp³-hybridized carbons (Fsp3) is 0.107. The lowest BCUT2D eigenvalue weighted by Crippen LogP contribution is -2.26. The van der Waals surface area contributed by atoms with E-state index in [1.165, 1.54) is 11.2 Å². The lowest BCUT2D eigenvalue weighted by Gasteiger charge is -2.19. The Bertz CT molecular complexity index is 1670. The summed E-state index contributed by atoms with van der Waals surface area (Å²) in [6.07, 6.45) is 0. The molecular weight excluding hydrogens is 488 g/mol. The first kappa shape index (κ1) is 24.2. The number of sulfonamides is 1. The topological polar surface area (TPSA) is 108 Å². The summed E-state index contributed by atoms with van der Waals surface area (Å²) < 4.78 is 27.8. The first-order valence-corrected chi connectivity index (χ1v) is 13.0. The number of nitrogens with zero attached hydrogens (tertiary/aromatic N) is 2. The minimum atomic E-state index is -3.66. The molecule has 0 bridgehead atoms. The summed E-state index contributed by atoms with van der Waals surface area (Å²) in [6, 6.07) is 24.8. The van der Waals surface area contributed by atoms with E-state index in [1.54, 1.807) is 61.5 Å². The van der Waals surface area contributed by atoms with Gasteiger partial charge in [-0.25, -0.2) is 13.8 Å². The zero-order valence-electron chi connectivity index (χ0n) is 20.2. The molecule has 186 valence electrons. The first-order valence-electron chi connectivity index (χ1n) is 11.6. The van der Waals surface area contributed by atoms with Crippen molar-refractivity contribution >= 4 is 49.7 Å². The van der Waals surface area contributed by atoms with Gasteiger partial charge in [0.15, 0.2) is 0 Å². The molecule has 0 radical (unpaired) electrons. The lowest BCUT2D eigenvalue weighted by molar-refractivity contribution is -0.114. The van der Waals surface area contributed by atoms with Crippen LogP contribution >= 0.6 is 0 Å². The molecule has 1 aliphatic heterocycles. The van der Waals surface area contributed by atoms with Crippen LogP contribution in [0, 0.1) is 0 Å². The van der Waals surface area contributed by atoms with Gasteiger partial charge < -0.3 is 5.32 Å². The van der Waals surface area contributed by atoms with Crippen LogP contribution in [-0.4, -0.2) is 25.9 Å². The average Bonchev–Trinajstić information content (AvgIpc) is 3.10. The van der Waals surface area contributed by atoms with Crippen LogP contribution in [0.15, 0.2) is 94.9 Å². The molecule has 0 saturated carbocycles. The van der Waals surface area contributed by atoms with Gasteiger partial charge in [-0.05, 0) is 59.8 Å². The number of carbonyl (C=O) groups excluding carboxylic acids is 2. The summed E-state index contributed by atoms with van der Waals surface area (Å²) in [6.45, 7) is 3.34. The Balaban J connectivity index is 1.29. The second kappa shape index (κ2) is 9.51. The minimum Gasteiger partial charge on any atom is -0.326 e. The monoisotopic (exact) mass is 512 g/mol. The van der Waals surface area contributed by atoms with Gasteiger partial charge in [0.05, 0.1) is 22.8 Å². The Hall–Kier alpha value is -4.50. The SMILES string of the molecule is CC(=O)Nc1cccc(/C(C)=N/NC(=O)c2ccc(CN3c4cccc5cccc(c45)S3(=O)=O)cc2)c1. The van der Waals surface area contributed by atoms with Crippen molar-refractivity contribution in [1.82, 2.24) is 5.43 Å². The largest absolute Gasteiger partial charge is 0.326 e. The van der Waals surface area contributed by atoms with Gasteiger partial charge >= 0.3 is 0 Å². The molecule has 0 aliphatic carbocycles. The molecule has 0 aromatic heterocycles. The van der Waals surface area contributed by atoms with Crippen LogP contribution in [-0.2, 0) is 21.4 Å². The van der Waals surface area contributed by atoms with Crippen molar-refractivity contribution in [3.8, 4) is 0 Å². The summed E-state index contributed by atoms with van der Waals surface area (Å²) in [4.78, 5) is 24.2. The maximum atomic E-state index is 13.2. The van der Waals surface area contributed by atoms with Gasteiger partial charge in [0.1, 0.15) is 0 Å². The van der Waals surface area contributed by atoms with Gasteiger partial charge in [-0.1, -0.05) is 48.5 Å². The van der Waals surface area contributed by atoms with E-state index < -0.39 is 15.9 Å². The van der Waals surface area contributed by atoms with Crippen molar-refractivity contribution in [2.75, 3.05) is 9.62 Å². The third-order valence-corrected chi connectivity index (χ3v) is 7.95. The van der Waals surface area contributed by atoms with E-state index in [1.807, 2.05) is 30.3 Å². The summed E-state index contributed by atoms with van der Waals surface area (Å²) >= 11 is 0. The second-order valence-electron chi connectivity index (χ2n) is 8.74. The number of hydrogen-bond donors (Lipinski definition) is 2. The van der Waals surface area contributed by atoms with Crippen LogP contribution in [0.4, 0.5) is 11.4 Å². The Morgan fingerprint density at radius 3 is 2.30 bits per heavy atom. The molecule has 0 fully saturated rings. The number of rotatable bonds is 6. The Kier molecular flexibility index (Phi) is 6.22. The molecule has 0 unspecified atom stereocenters. The normalized spacial score (nSPS) is 14.0. The van der Waals surface area contributed by atoms with Gasteiger partial charge in [-0.3, -0.25) is 13.9 Å². The van der Waals surface area contributed by atoms with E-state index in [0.717, 1.165) is 21.9 Å². The molecule has 4 aromatic carbocycles. The summed E-state index contributed by atoms with van der Waals surface area (Å²) in [5.41, 5.74) is 6.31. The zero-order chi connectivity index (χ0) is 26.2. The molecule has 0 spiro atoms. The average molecular weight is 513 g/mol. The quantitative estimate of drug-likeness (QED) is 0.289. The van der Waals surface area contributed by atoms with E-state index in [0.29, 0.717) is 27.5 Å². The number of nitrogens with one attached hydrogen (secondary N) is 2. The highest BCUT2D eigenvalue weighted by molar-refractivity contribution is 7.93. The summed E-state index contributed by atoms with van der Waals surface area (Å²) in [7, 11) is -3.66. The number of benzene rings is 4. The molecule has 0 atom stereocenters. The van der Waals surface area contributed by atoms with Crippen molar-refractivity contribution in [2.45, 2.75) is 25.3 Å². The van der Waals surface area contributed by atoms with E-state index in [9.17, 15) is 18.0 Å². The van der Waals surface area contributed by atoms with Gasteiger partial charge in [0, 0.05) is 23.6 Å². The molecule has 2 amide bonds. The van der Waals surface area contributed by atoms with Gasteiger partial charge in [0.25, 0.3) is 15.9 Å². The molecule has 37 heavy (non-hydrogen) atoms. The maximum absolute atomic E-state index is 13.2. The van der Waals surface area contributed by atoms with Crippen LogP contribution < -0.4 is 15.0 Å². The number of anilines is 2. The van der Waals surface area contributed by atoms with Gasteiger partial charge in [0.2, 0.25) is 5.91 Å². The van der Waals surface area contributed by atoms with E-state index >= 15 is 0 Å². The maximum Gasteiger partial charge on any atom is 0.271 e. The van der Waals surface area contributed by atoms with Crippen LogP contribution in [0.2, 0.25) is 0 Å². The second-order valence-corrected chi connectivity index (χ2v) is 10.6. The molecular formula is C28H24N4O4S. The van der Waals surface area contributed by atoms with Crippen LogP contribution in [0.25, 0.3) is 10.8 Å². The van der Waals surface area contributed by atoms with E-state index in [4.69, 9.17) is 0 Å². The van der Waals surface area contributed by atoms with Crippen molar-refractivity contribution in [3.63, 3.8) is 0 Å². The summed E-state index contributed by atoms with van der Waals surface area (Å²) in [5.74, 6) is -0.567. The lowest BCUT2D eigenvalue weighted by atomic mass is 10.1. The van der Waals surface area contributed by atoms with E-state index in [-0.39, 0.29) is 12.5 Å². The number of carbonyl (C=O) groups is 2. The Morgan fingerprint density at radius 2 is 1.57 bits per heavy atom. The molecule has 9 heteroatoms. The fourth-order valence-corrected chi connectivity index (χ4v) is 6.04. The first-order chi connectivity index (χ1) is 17.7. The van der Waals surface area contributed by atoms with Crippen LogP contribution in [0.5, 0.6) is 0 Å². The van der Waals surface area contributed by atoms with Gasteiger partial charge in [-0.2, -0.15) is 5.10 Å². The van der Waals surface area contributed by atoms with Gasteiger partial charge in [-0.15, -0.1) is 0 Å². The Morgan fingerprint density at radius 1 is 0.865 bits per heavy atom. The summed E-state index contributed by atoms with van der Waals surface area (Å²) in [5, 5.41) is 8.51. The van der Waals surface area contributed by atoms with Crippen molar-refractivity contribution in [3.05, 3.63) is 102 Å². The van der Waals surface area contributed by atoms with Crippen LogP contribution in [0.3, 0.4) is 0 Å². The molecule has 1 heterocycles. The standard InChI is InChI=1S/C28H24N4O4S/c1-18(23-8-3-9-24(16-23)29-19(2)33)30-31-28(34)22-14-12-20(13-15-22)17-32-25-10-4-6-21-7-5-11-26(27(21)25)37(32,35)36/h3-16H,17H2,1-2H3,(H,29,33)(H,31,34)/b30-18+. The molecule has 8 nitrogen and oxygen atoms in total. The number of hydrogen-bond acceptors (Lipinski definition) is 5. The van der Waals surface area contributed by atoms with Crippen molar-refractivity contribution < 1.29 is 18.0 Å². The molecule has 5 rings (SSSR count). The van der Waals surface area contributed by atoms with E-state index in [2.05, 4.69) is 15.8 Å². The number of hydrazone groups is 1. The molecule has 2 N–H and O–H groups in total. The predicted molar refractivity (Wildman–Crippen MR) is 144 cm³/mol. The number of amides is 2. The highest BCUT2D eigenvalue weighted by atomic mass is 32.2. The highest BCUT2D eigenvalue weighted by Gasteiger charge is 2.35. The van der Waals surface area contributed by atoms with Crippen LogP contribution in [0.1, 0.15) is 35.3 Å². The smallest absolute Gasteiger partial charge is 0.271 e. The van der Waals surface area contributed by atoms with Crippen molar-refractivity contribution in [2.24, 2.45) is 5.10 Å². The third kappa shape index (κ3) is 4.68. The molecule has 1 aliphatic rings. The highest BCUT2D eigenvalue weighted by Crippen LogP contribution is 2.42. The Labute approximate surface area is 214 Å². The fourth-order valence-electron chi connectivity index (χ4n) is 4.34. The predicted octanol–water partition coefficient (Wildman–Crippen LogP) is 4.66.